The van der Waals surface area contributed by atoms with Crippen molar-refractivity contribution in [1.29, 1.82) is 0 Å². The number of hydrogen-bond donors (Lipinski definition) is 2. The first-order valence-electron chi connectivity index (χ1n) is 5.48. The van der Waals surface area contributed by atoms with Gasteiger partial charge in [-0.1, -0.05) is 12.1 Å². The highest BCUT2D eigenvalue weighted by molar-refractivity contribution is 5.30. The SMILES string of the molecule is COCCOCC(NN)c1cccc(OC)c1. The minimum atomic E-state index is -0.0537. The van der Waals surface area contributed by atoms with Gasteiger partial charge in [0.05, 0.1) is 33.0 Å². The van der Waals surface area contributed by atoms with Gasteiger partial charge in [-0.15, -0.1) is 0 Å². The van der Waals surface area contributed by atoms with E-state index in [-0.39, 0.29) is 6.04 Å². The monoisotopic (exact) mass is 240 g/mol. The summed E-state index contributed by atoms with van der Waals surface area (Å²) in [6.07, 6.45) is 0. The van der Waals surface area contributed by atoms with Gasteiger partial charge in [-0.05, 0) is 17.7 Å². The van der Waals surface area contributed by atoms with Crippen LogP contribution in [-0.2, 0) is 9.47 Å². The number of rotatable bonds is 8. The first-order valence-corrected chi connectivity index (χ1v) is 5.48. The standard InChI is InChI=1S/C12H20N2O3/c1-15-6-7-17-9-12(14-13)10-4-3-5-11(8-10)16-2/h3-5,8,12,14H,6-7,9,13H2,1-2H3. The second-order valence-corrected chi connectivity index (χ2v) is 3.56. The summed E-state index contributed by atoms with van der Waals surface area (Å²) < 4.78 is 15.5. The van der Waals surface area contributed by atoms with Gasteiger partial charge in [-0.3, -0.25) is 11.3 Å². The van der Waals surface area contributed by atoms with Gasteiger partial charge in [0.1, 0.15) is 5.75 Å². The quantitative estimate of drug-likeness (QED) is 0.401. The summed E-state index contributed by atoms with van der Waals surface area (Å²) in [5.74, 6) is 6.31. The van der Waals surface area contributed by atoms with Crippen LogP contribution in [0, 0.1) is 0 Å². The van der Waals surface area contributed by atoms with Crippen molar-refractivity contribution < 1.29 is 14.2 Å². The lowest BCUT2D eigenvalue weighted by molar-refractivity contribution is 0.0585. The highest BCUT2D eigenvalue weighted by Gasteiger charge is 2.10. The lowest BCUT2D eigenvalue weighted by Gasteiger charge is -2.17. The summed E-state index contributed by atoms with van der Waals surface area (Å²) in [4.78, 5) is 0. The number of nitrogens with two attached hydrogens (primary N) is 1. The first kappa shape index (κ1) is 13.9. The molecule has 5 heteroatoms. The molecule has 1 atom stereocenters. The Hall–Kier alpha value is -1.14. The second-order valence-electron chi connectivity index (χ2n) is 3.56. The molecule has 1 unspecified atom stereocenters. The molecule has 0 amide bonds. The number of methoxy groups -OCH3 is 2. The van der Waals surface area contributed by atoms with Gasteiger partial charge in [0.25, 0.3) is 0 Å². The summed E-state index contributed by atoms with van der Waals surface area (Å²) in [5.41, 5.74) is 3.76. The van der Waals surface area contributed by atoms with Crippen LogP contribution in [0.15, 0.2) is 24.3 Å². The predicted molar refractivity (Wildman–Crippen MR) is 65.8 cm³/mol. The van der Waals surface area contributed by atoms with Crippen LogP contribution in [0.2, 0.25) is 0 Å². The Morgan fingerprint density at radius 1 is 1.29 bits per heavy atom. The van der Waals surface area contributed by atoms with Crippen molar-refractivity contribution in [3.63, 3.8) is 0 Å². The van der Waals surface area contributed by atoms with E-state index in [4.69, 9.17) is 20.1 Å². The van der Waals surface area contributed by atoms with E-state index in [1.165, 1.54) is 0 Å². The Morgan fingerprint density at radius 2 is 2.12 bits per heavy atom. The molecule has 96 valence electrons. The Labute approximate surface area is 102 Å². The van der Waals surface area contributed by atoms with E-state index < -0.39 is 0 Å². The normalized spacial score (nSPS) is 12.4. The molecule has 0 aliphatic carbocycles. The summed E-state index contributed by atoms with van der Waals surface area (Å²) in [6.45, 7) is 1.63. The van der Waals surface area contributed by atoms with Crippen molar-refractivity contribution in [2.45, 2.75) is 6.04 Å². The van der Waals surface area contributed by atoms with Gasteiger partial charge < -0.3 is 14.2 Å². The first-order chi connectivity index (χ1) is 8.31. The third kappa shape index (κ3) is 4.70. The highest BCUT2D eigenvalue weighted by Crippen LogP contribution is 2.18. The zero-order valence-electron chi connectivity index (χ0n) is 10.3. The summed E-state index contributed by atoms with van der Waals surface area (Å²) in [7, 11) is 3.28. The maximum atomic E-state index is 5.51. The van der Waals surface area contributed by atoms with Gasteiger partial charge in [0, 0.05) is 7.11 Å². The highest BCUT2D eigenvalue weighted by atomic mass is 16.5. The lowest BCUT2D eigenvalue weighted by Crippen LogP contribution is -2.31. The smallest absolute Gasteiger partial charge is 0.119 e. The van der Waals surface area contributed by atoms with Crippen molar-refractivity contribution in [3.05, 3.63) is 29.8 Å². The molecule has 0 saturated heterocycles. The van der Waals surface area contributed by atoms with E-state index in [9.17, 15) is 0 Å². The molecule has 0 fully saturated rings. The van der Waals surface area contributed by atoms with Gasteiger partial charge in [0.2, 0.25) is 0 Å². The minimum Gasteiger partial charge on any atom is -0.497 e. The minimum absolute atomic E-state index is 0.0537. The zero-order valence-corrected chi connectivity index (χ0v) is 10.3. The molecule has 0 bridgehead atoms. The maximum absolute atomic E-state index is 5.51. The average Bonchev–Trinajstić information content (AvgIpc) is 2.39. The fourth-order valence-corrected chi connectivity index (χ4v) is 1.44. The molecule has 1 aromatic rings. The van der Waals surface area contributed by atoms with Crippen molar-refractivity contribution >= 4 is 0 Å². The molecule has 0 heterocycles. The predicted octanol–water partition coefficient (Wildman–Crippen LogP) is 0.863. The van der Waals surface area contributed by atoms with Gasteiger partial charge >= 0.3 is 0 Å². The number of ether oxygens (including phenoxy) is 3. The van der Waals surface area contributed by atoms with E-state index in [0.29, 0.717) is 19.8 Å². The molecule has 0 radical (unpaired) electrons. The molecule has 5 nitrogen and oxygen atoms in total. The van der Waals surface area contributed by atoms with E-state index in [2.05, 4.69) is 5.43 Å². The third-order valence-electron chi connectivity index (χ3n) is 2.41. The average molecular weight is 240 g/mol. The number of benzene rings is 1. The lowest BCUT2D eigenvalue weighted by atomic mass is 10.1. The molecule has 1 aromatic carbocycles. The van der Waals surface area contributed by atoms with E-state index in [1.54, 1.807) is 14.2 Å². The Bertz CT molecular complexity index is 320. The van der Waals surface area contributed by atoms with Crippen molar-refractivity contribution in [3.8, 4) is 5.75 Å². The van der Waals surface area contributed by atoms with Crippen LogP contribution in [0.3, 0.4) is 0 Å². The van der Waals surface area contributed by atoms with Crippen LogP contribution in [-0.4, -0.2) is 34.0 Å². The third-order valence-corrected chi connectivity index (χ3v) is 2.41. The fraction of sp³-hybridized carbons (Fsp3) is 0.500. The van der Waals surface area contributed by atoms with Crippen LogP contribution in [0.1, 0.15) is 11.6 Å². The topological polar surface area (TPSA) is 65.7 Å². The number of nitrogens with one attached hydrogen (secondary N) is 1. The van der Waals surface area contributed by atoms with E-state index >= 15 is 0 Å². The molecule has 0 saturated carbocycles. The zero-order chi connectivity index (χ0) is 12.5. The molecule has 1 rings (SSSR count). The van der Waals surface area contributed by atoms with Crippen LogP contribution < -0.4 is 16.0 Å². The Balaban J connectivity index is 2.53. The fourth-order valence-electron chi connectivity index (χ4n) is 1.44. The molecule has 0 aromatic heterocycles. The van der Waals surface area contributed by atoms with Crippen molar-refractivity contribution in [2.75, 3.05) is 34.0 Å². The van der Waals surface area contributed by atoms with Crippen LogP contribution in [0.4, 0.5) is 0 Å². The summed E-state index contributed by atoms with van der Waals surface area (Å²) >= 11 is 0. The van der Waals surface area contributed by atoms with E-state index in [0.717, 1.165) is 11.3 Å². The second kappa shape index (κ2) is 8.03. The van der Waals surface area contributed by atoms with Crippen molar-refractivity contribution in [2.24, 2.45) is 5.84 Å². The molecule has 0 aliphatic heterocycles. The molecule has 17 heavy (non-hydrogen) atoms. The maximum Gasteiger partial charge on any atom is 0.119 e. The van der Waals surface area contributed by atoms with Gasteiger partial charge in [-0.2, -0.15) is 0 Å². The summed E-state index contributed by atoms with van der Waals surface area (Å²) in [5, 5.41) is 0. The molecule has 3 N–H and O–H groups in total. The Kier molecular flexibility index (Phi) is 6.57. The van der Waals surface area contributed by atoms with Crippen molar-refractivity contribution in [1.82, 2.24) is 5.43 Å². The Morgan fingerprint density at radius 3 is 2.76 bits per heavy atom. The van der Waals surface area contributed by atoms with Crippen LogP contribution in [0.5, 0.6) is 5.75 Å². The largest absolute Gasteiger partial charge is 0.497 e. The summed E-state index contributed by atoms with van der Waals surface area (Å²) in [6, 6.07) is 7.68. The number of hydrazine groups is 1. The van der Waals surface area contributed by atoms with Gasteiger partial charge in [0.15, 0.2) is 0 Å². The van der Waals surface area contributed by atoms with Gasteiger partial charge in [-0.25, -0.2) is 0 Å². The van der Waals surface area contributed by atoms with E-state index in [1.807, 2.05) is 24.3 Å². The van der Waals surface area contributed by atoms with Crippen LogP contribution >= 0.6 is 0 Å². The number of hydrogen-bond acceptors (Lipinski definition) is 5. The molecular formula is C12H20N2O3. The molecule has 0 spiro atoms. The van der Waals surface area contributed by atoms with Crippen LogP contribution in [0.25, 0.3) is 0 Å². The molecule has 0 aliphatic rings. The molecular weight excluding hydrogens is 220 g/mol.